The number of carbonyl (C=O) groups is 2. The van der Waals surface area contributed by atoms with E-state index in [-0.39, 0.29) is 10.7 Å². The van der Waals surface area contributed by atoms with Crippen LogP contribution in [-0.4, -0.2) is 18.0 Å². The van der Waals surface area contributed by atoms with Crippen LogP contribution in [0.25, 0.3) is 6.08 Å². The van der Waals surface area contributed by atoms with Crippen molar-refractivity contribution in [2.24, 2.45) is 0 Å². The van der Waals surface area contributed by atoms with Gasteiger partial charge in [-0.3, -0.25) is 4.79 Å². The van der Waals surface area contributed by atoms with Gasteiger partial charge in [-0.2, -0.15) is 0 Å². The number of carbonyl (C=O) groups excluding carboxylic acids is 2. The first-order valence-corrected chi connectivity index (χ1v) is 7.94. The number of nitrogens with one attached hydrogen (secondary N) is 1. The number of hydrogen-bond donors (Lipinski definition) is 1. The van der Waals surface area contributed by atoms with Gasteiger partial charge < -0.3 is 10.1 Å². The molecule has 0 fully saturated rings. The highest BCUT2D eigenvalue weighted by molar-refractivity contribution is 6.33. The van der Waals surface area contributed by atoms with Gasteiger partial charge in [0.05, 0.1) is 10.7 Å². The molecule has 0 bridgehead atoms. The summed E-state index contributed by atoms with van der Waals surface area (Å²) in [7, 11) is 0. The van der Waals surface area contributed by atoms with Crippen LogP contribution in [0.4, 0.5) is 10.1 Å². The Balaban J connectivity index is 1.92. The van der Waals surface area contributed by atoms with Crippen molar-refractivity contribution in [1.82, 2.24) is 0 Å². The van der Waals surface area contributed by atoms with E-state index < -0.39 is 23.8 Å². The highest BCUT2D eigenvalue weighted by Gasteiger charge is 2.17. The zero-order valence-corrected chi connectivity index (χ0v) is 14.5. The second-order valence-electron chi connectivity index (χ2n) is 5.44. The van der Waals surface area contributed by atoms with Crippen molar-refractivity contribution in [1.29, 1.82) is 0 Å². The maximum Gasteiger partial charge on any atom is 0.331 e. The molecule has 2 aromatic rings. The fourth-order valence-electron chi connectivity index (χ4n) is 2.03. The van der Waals surface area contributed by atoms with Crippen LogP contribution < -0.4 is 5.32 Å². The highest BCUT2D eigenvalue weighted by Crippen LogP contribution is 2.22. The fourth-order valence-corrected chi connectivity index (χ4v) is 2.24. The molecule has 0 saturated heterocycles. The Morgan fingerprint density at radius 3 is 2.68 bits per heavy atom. The molecule has 0 saturated carbocycles. The average Bonchev–Trinajstić information content (AvgIpc) is 2.55. The van der Waals surface area contributed by atoms with E-state index in [1.54, 1.807) is 6.08 Å². The normalized spacial score (nSPS) is 12.0. The number of rotatable bonds is 5. The SMILES string of the molecule is Cc1cccc(/C=C/C(=O)O[C@@H](C)C(=O)Nc2ccc(F)cc2Cl)c1. The first-order valence-electron chi connectivity index (χ1n) is 7.56. The summed E-state index contributed by atoms with van der Waals surface area (Å²) in [4.78, 5) is 23.9. The minimum atomic E-state index is -1.03. The van der Waals surface area contributed by atoms with Crippen LogP contribution in [0.5, 0.6) is 0 Å². The number of anilines is 1. The second-order valence-corrected chi connectivity index (χ2v) is 5.85. The van der Waals surface area contributed by atoms with Gasteiger partial charge in [-0.05, 0) is 43.7 Å². The van der Waals surface area contributed by atoms with Gasteiger partial charge in [0.1, 0.15) is 5.82 Å². The molecule has 130 valence electrons. The summed E-state index contributed by atoms with van der Waals surface area (Å²) < 4.78 is 18.0. The third kappa shape index (κ3) is 5.72. The molecule has 2 aromatic carbocycles. The zero-order chi connectivity index (χ0) is 18.4. The second kappa shape index (κ2) is 8.44. The summed E-state index contributed by atoms with van der Waals surface area (Å²) in [6.45, 7) is 3.38. The summed E-state index contributed by atoms with van der Waals surface area (Å²) >= 11 is 5.84. The van der Waals surface area contributed by atoms with Crippen LogP contribution in [0.15, 0.2) is 48.5 Å². The summed E-state index contributed by atoms with van der Waals surface area (Å²) in [6.07, 6.45) is 1.83. The molecule has 1 N–H and O–H groups in total. The molecule has 0 aliphatic rings. The number of benzene rings is 2. The number of aryl methyl sites for hydroxylation is 1. The molecular formula is C19H17ClFNO3. The van der Waals surface area contributed by atoms with Gasteiger partial charge >= 0.3 is 5.97 Å². The predicted octanol–water partition coefficient (Wildman–Crippen LogP) is 4.37. The van der Waals surface area contributed by atoms with E-state index in [0.29, 0.717) is 0 Å². The smallest absolute Gasteiger partial charge is 0.331 e. The van der Waals surface area contributed by atoms with E-state index >= 15 is 0 Å². The molecule has 1 atom stereocenters. The zero-order valence-electron chi connectivity index (χ0n) is 13.8. The molecule has 25 heavy (non-hydrogen) atoms. The lowest BCUT2D eigenvalue weighted by molar-refractivity contribution is -0.148. The van der Waals surface area contributed by atoms with Gasteiger partial charge in [-0.1, -0.05) is 41.4 Å². The molecule has 0 spiro atoms. The van der Waals surface area contributed by atoms with Gasteiger partial charge in [0.25, 0.3) is 5.91 Å². The van der Waals surface area contributed by atoms with E-state index in [2.05, 4.69) is 5.32 Å². The lowest BCUT2D eigenvalue weighted by atomic mass is 10.1. The van der Waals surface area contributed by atoms with E-state index in [9.17, 15) is 14.0 Å². The highest BCUT2D eigenvalue weighted by atomic mass is 35.5. The average molecular weight is 362 g/mol. The maximum absolute atomic E-state index is 13.0. The van der Waals surface area contributed by atoms with Crippen LogP contribution in [0.1, 0.15) is 18.1 Å². The van der Waals surface area contributed by atoms with E-state index in [4.69, 9.17) is 16.3 Å². The van der Waals surface area contributed by atoms with Crippen LogP contribution in [0.2, 0.25) is 5.02 Å². The number of esters is 1. The quantitative estimate of drug-likeness (QED) is 0.635. The Morgan fingerprint density at radius 2 is 2.00 bits per heavy atom. The molecule has 0 aliphatic heterocycles. The Hall–Kier alpha value is -2.66. The number of ether oxygens (including phenoxy) is 1. The van der Waals surface area contributed by atoms with Gasteiger partial charge in [0, 0.05) is 6.08 Å². The third-order valence-electron chi connectivity index (χ3n) is 3.31. The van der Waals surface area contributed by atoms with Crippen molar-refractivity contribution < 1.29 is 18.7 Å². The Kier molecular flexibility index (Phi) is 6.31. The number of halogens is 2. The van der Waals surface area contributed by atoms with Crippen LogP contribution in [0.3, 0.4) is 0 Å². The van der Waals surface area contributed by atoms with Crippen molar-refractivity contribution in [2.45, 2.75) is 20.0 Å². The standard InChI is InChI=1S/C19H17ClFNO3/c1-12-4-3-5-14(10-12)6-9-18(23)25-13(2)19(24)22-17-8-7-15(21)11-16(17)20/h3-11,13H,1-2H3,(H,22,24)/b9-6+/t13-/m0/s1. The van der Waals surface area contributed by atoms with Crippen LogP contribution in [0, 0.1) is 12.7 Å². The fraction of sp³-hybridized carbons (Fsp3) is 0.158. The van der Waals surface area contributed by atoms with E-state index in [0.717, 1.165) is 17.2 Å². The Labute approximate surface area is 150 Å². The van der Waals surface area contributed by atoms with Gasteiger partial charge in [-0.15, -0.1) is 0 Å². The molecule has 0 unspecified atom stereocenters. The third-order valence-corrected chi connectivity index (χ3v) is 3.62. The molecular weight excluding hydrogens is 345 g/mol. The Morgan fingerprint density at radius 1 is 1.24 bits per heavy atom. The lowest BCUT2D eigenvalue weighted by Crippen LogP contribution is -2.29. The largest absolute Gasteiger partial charge is 0.449 e. The number of hydrogen-bond acceptors (Lipinski definition) is 3. The summed E-state index contributed by atoms with van der Waals surface area (Å²) in [6, 6.07) is 11.2. The molecule has 1 amide bonds. The van der Waals surface area contributed by atoms with Crippen molar-refractivity contribution >= 4 is 35.2 Å². The molecule has 0 aliphatic carbocycles. The van der Waals surface area contributed by atoms with Crippen LogP contribution in [-0.2, 0) is 14.3 Å². The number of amides is 1. The Bertz CT molecular complexity index is 820. The van der Waals surface area contributed by atoms with E-state index in [1.807, 2.05) is 31.2 Å². The molecule has 0 aromatic heterocycles. The van der Waals surface area contributed by atoms with Crippen molar-refractivity contribution in [3.8, 4) is 0 Å². The summed E-state index contributed by atoms with van der Waals surface area (Å²) in [5.74, 6) is -1.72. The topological polar surface area (TPSA) is 55.4 Å². The minimum absolute atomic E-state index is 0.0613. The molecule has 4 nitrogen and oxygen atoms in total. The summed E-state index contributed by atoms with van der Waals surface area (Å²) in [5.41, 5.74) is 2.16. The first-order chi connectivity index (χ1) is 11.8. The molecule has 6 heteroatoms. The van der Waals surface area contributed by atoms with Gasteiger partial charge in [-0.25, -0.2) is 9.18 Å². The van der Waals surface area contributed by atoms with Crippen molar-refractivity contribution in [3.63, 3.8) is 0 Å². The van der Waals surface area contributed by atoms with Crippen molar-refractivity contribution in [2.75, 3.05) is 5.32 Å². The summed E-state index contributed by atoms with van der Waals surface area (Å²) in [5, 5.41) is 2.55. The molecule has 0 heterocycles. The van der Waals surface area contributed by atoms with Gasteiger partial charge in [0.15, 0.2) is 6.10 Å². The first kappa shape index (κ1) is 18.7. The predicted molar refractivity (Wildman–Crippen MR) is 95.8 cm³/mol. The monoisotopic (exact) mass is 361 g/mol. The van der Waals surface area contributed by atoms with Crippen LogP contribution >= 0.6 is 11.6 Å². The molecule has 0 radical (unpaired) electrons. The molecule has 2 rings (SSSR count). The maximum atomic E-state index is 13.0. The minimum Gasteiger partial charge on any atom is -0.449 e. The van der Waals surface area contributed by atoms with E-state index in [1.165, 1.54) is 25.1 Å². The lowest BCUT2D eigenvalue weighted by Gasteiger charge is -2.13. The van der Waals surface area contributed by atoms with Gasteiger partial charge in [0.2, 0.25) is 0 Å². The van der Waals surface area contributed by atoms with Crippen molar-refractivity contribution in [3.05, 3.63) is 70.5 Å².